The molecule has 0 aliphatic carbocycles. The zero-order chi connectivity index (χ0) is 18.4. The highest BCUT2D eigenvalue weighted by molar-refractivity contribution is 6.04. The van der Waals surface area contributed by atoms with Gasteiger partial charge in [0.2, 0.25) is 0 Å². The third-order valence-electron chi connectivity index (χ3n) is 3.58. The number of hydrogen-bond donors (Lipinski definition) is 1. The van der Waals surface area contributed by atoms with Crippen LogP contribution in [0.2, 0.25) is 0 Å². The van der Waals surface area contributed by atoms with Crippen LogP contribution in [0.4, 0.5) is 22.0 Å². The number of hydrogen-bond acceptors (Lipinski definition) is 2. The topological polar surface area (TPSA) is 50.2 Å². The largest absolute Gasteiger partial charge is 0.478 e. The molecule has 3 rings (SSSR count). The molecule has 0 saturated heterocycles. The van der Waals surface area contributed by atoms with Gasteiger partial charge in [0.05, 0.1) is 22.3 Å². The smallest absolute Gasteiger partial charge is 0.418 e. The summed E-state index contributed by atoms with van der Waals surface area (Å²) in [6.07, 6.45) is -4.79. The summed E-state index contributed by atoms with van der Waals surface area (Å²) in [6.45, 7) is 0. The molecule has 1 heterocycles. The summed E-state index contributed by atoms with van der Waals surface area (Å²) in [5, 5.41) is 9.05. The Bertz CT molecular complexity index is 998. The molecule has 0 radical (unpaired) electrons. The van der Waals surface area contributed by atoms with Crippen LogP contribution in [0.3, 0.4) is 0 Å². The van der Waals surface area contributed by atoms with Crippen molar-refractivity contribution < 1.29 is 31.9 Å². The van der Waals surface area contributed by atoms with Gasteiger partial charge in [0.15, 0.2) is 0 Å². The van der Waals surface area contributed by atoms with E-state index in [0.717, 1.165) is 36.4 Å². The van der Waals surface area contributed by atoms with E-state index in [1.165, 1.54) is 6.07 Å². The number of fused-ring (bicyclic) bond motifs is 1. The molecular formula is C17H8F5NO2. The van der Waals surface area contributed by atoms with Gasteiger partial charge in [-0.3, -0.25) is 0 Å². The number of aromatic nitrogens is 1. The van der Waals surface area contributed by atoms with Crippen molar-refractivity contribution in [2.24, 2.45) is 0 Å². The Balaban J connectivity index is 2.42. The number of benzene rings is 2. The van der Waals surface area contributed by atoms with Crippen LogP contribution in [0.5, 0.6) is 0 Å². The fourth-order valence-electron chi connectivity index (χ4n) is 2.49. The van der Waals surface area contributed by atoms with Crippen molar-refractivity contribution in [1.82, 2.24) is 4.98 Å². The molecule has 3 nitrogen and oxygen atoms in total. The molecule has 2 aromatic carbocycles. The van der Waals surface area contributed by atoms with Gasteiger partial charge in [-0.1, -0.05) is 12.1 Å². The monoisotopic (exact) mass is 353 g/mol. The third kappa shape index (κ3) is 3.02. The normalized spacial score (nSPS) is 11.7. The van der Waals surface area contributed by atoms with Crippen molar-refractivity contribution in [3.63, 3.8) is 0 Å². The van der Waals surface area contributed by atoms with E-state index < -0.39 is 51.7 Å². The van der Waals surface area contributed by atoms with Crippen molar-refractivity contribution >= 4 is 16.9 Å². The van der Waals surface area contributed by atoms with E-state index in [2.05, 4.69) is 4.98 Å². The zero-order valence-electron chi connectivity index (χ0n) is 12.2. The number of carbonyl (C=O) groups is 1. The molecule has 0 fully saturated rings. The van der Waals surface area contributed by atoms with Crippen LogP contribution in [0, 0.1) is 11.6 Å². The summed E-state index contributed by atoms with van der Waals surface area (Å²) >= 11 is 0. The van der Waals surface area contributed by atoms with Gasteiger partial charge in [0.1, 0.15) is 11.6 Å². The first kappa shape index (κ1) is 16.8. The SMILES string of the molecule is O=C(O)c1cc(-c2cc(F)ccc2F)nc2c(C(F)(F)F)cccc12. The van der Waals surface area contributed by atoms with Gasteiger partial charge in [-0.2, -0.15) is 13.2 Å². The minimum Gasteiger partial charge on any atom is -0.478 e. The number of aromatic carboxylic acids is 1. The number of carboxylic acids is 1. The van der Waals surface area contributed by atoms with Crippen molar-refractivity contribution in [3.05, 3.63) is 65.2 Å². The lowest BCUT2D eigenvalue weighted by Crippen LogP contribution is -2.09. The second-order valence-electron chi connectivity index (χ2n) is 5.18. The Hall–Kier alpha value is -3.03. The molecule has 0 atom stereocenters. The van der Waals surface area contributed by atoms with Crippen LogP contribution in [-0.4, -0.2) is 16.1 Å². The highest BCUT2D eigenvalue weighted by atomic mass is 19.4. The lowest BCUT2D eigenvalue weighted by atomic mass is 10.0. The molecule has 0 aliphatic heterocycles. The summed E-state index contributed by atoms with van der Waals surface area (Å²) in [6, 6.07) is 6.25. The molecule has 0 aliphatic rings. The van der Waals surface area contributed by atoms with E-state index in [1.54, 1.807) is 0 Å². The standard InChI is InChI=1S/C17H8F5NO2/c18-8-4-5-13(19)11(6-8)14-7-10(16(24)25)9-2-1-3-12(15(9)23-14)17(20,21)22/h1-7H,(H,24,25). The first-order valence-corrected chi connectivity index (χ1v) is 6.88. The van der Waals surface area contributed by atoms with Crippen LogP contribution in [-0.2, 0) is 6.18 Å². The maximum Gasteiger partial charge on any atom is 0.418 e. The number of halogens is 5. The average Bonchev–Trinajstić information content (AvgIpc) is 2.54. The predicted octanol–water partition coefficient (Wildman–Crippen LogP) is 4.90. The Morgan fingerprint density at radius 1 is 1.04 bits per heavy atom. The number of rotatable bonds is 2. The van der Waals surface area contributed by atoms with E-state index in [1.807, 2.05) is 0 Å². The first-order valence-electron chi connectivity index (χ1n) is 6.88. The quantitative estimate of drug-likeness (QED) is 0.667. The third-order valence-corrected chi connectivity index (χ3v) is 3.58. The van der Waals surface area contributed by atoms with Gasteiger partial charge in [0.25, 0.3) is 0 Å². The maximum atomic E-state index is 13.9. The van der Waals surface area contributed by atoms with Crippen molar-refractivity contribution in [2.45, 2.75) is 6.18 Å². The number of nitrogens with zero attached hydrogens (tertiary/aromatic N) is 1. The fraction of sp³-hybridized carbons (Fsp3) is 0.0588. The Morgan fingerprint density at radius 3 is 2.40 bits per heavy atom. The van der Waals surface area contributed by atoms with Crippen LogP contribution in [0.25, 0.3) is 22.2 Å². The average molecular weight is 353 g/mol. The molecule has 0 unspecified atom stereocenters. The summed E-state index contributed by atoms with van der Waals surface area (Å²) in [7, 11) is 0. The molecule has 0 amide bonds. The van der Waals surface area contributed by atoms with Crippen molar-refractivity contribution in [3.8, 4) is 11.3 Å². The Labute approximate surface area is 137 Å². The minimum absolute atomic E-state index is 0.247. The molecule has 0 saturated carbocycles. The van der Waals surface area contributed by atoms with E-state index in [9.17, 15) is 31.9 Å². The summed E-state index contributed by atoms with van der Waals surface area (Å²) in [5.41, 5.74) is -3.13. The van der Waals surface area contributed by atoms with Crippen LogP contribution < -0.4 is 0 Å². The van der Waals surface area contributed by atoms with Gasteiger partial charge >= 0.3 is 12.1 Å². The molecule has 1 N–H and O–H groups in total. The molecule has 128 valence electrons. The van der Waals surface area contributed by atoms with Gasteiger partial charge in [0, 0.05) is 10.9 Å². The molecular weight excluding hydrogens is 345 g/mol. The molecule has 0 spiro atoms. The Morgan fingerprint density at radius 2 is 1.76 bits per heavy atom. The Kier molecular flexibility index (Phi) is 3.90. The van der Waals surface area contributed by atoms with E-state index in [0.29, 0.717) is 0 Å². The predicted molar refractivity (Wildman–Crippen MR) is 79.1 cm³/mol. The highest BCUT2D eigenvalue weighted by Crippen LogP contribution is 2.36. The zero-order valence-corrected chi connectivity index (χ0v) is 12.2. The first-order chi connectivity index (χ1) is 11.7. The maximum absolute atomic E-state index is 13.9. The summed E-state index contributed by atoms with van der Waals surface area (Å²) in [4.78, 5) is 15.2. The lowest BCUT2D eigenvalue weighted by Gasteiger charge is -2.13. The van der Waals surface area contributed by atoms with Crippen LogP contribution in [0.1, 0.15) is 15.9 Å². The fourth-order valence-corrected chi connectivity index (χ4v) is 2.49. The second-order valence-corrected chi connectivity index (χ2v) is 5.18. The van der Waals surface area contributed by atoms with Gasteiger partial charge in [-0.15, -0.1) is 0 Å². The van der Waals surface area contributed by atoms with Crippen molar-refractivity contribution in [1.29, 1.82) is 0 Å². The summed E-state index contributed by atoms with van der Waals surface area (Å²) in [5.74, 6) is -3.28. The number of carboxylic acid groups (broad SMARTS) is 1. The van der Waals surface area contributed by atoms with Crippen LogP contribution in [0.15, 0.2) is 42.5 Å². The number of para-hydroxylation sites is 1. The van der Waals surface area contributed by atoms with Gasteiger partial charge < -0.3 is 5.11 Å². The summed E-state index contributed by atoms with van der Waals surface area (Å²) < 4.78 is 67.0. The molecule has 8 heteroatoms. The lowest BCUT2D eigenvalue weighted by molar-refractivity contribution is -0.136. The van der Waals surface area contributed by atoms with Gasteiger partial charge in [-0.25, -0.2) is 18.6 Å². The second kappa shape index (κ2) is 5.80. The van der Waals surface area contributed by atoms with E-state index in [-0.39, 0.29) is 5.39 Å². The molecule has 0 bridgehead atoms. The molecule has 1 aromatic heterocycles. The van der Waals surface area contributed by atoms with Crippen molar-refractivity contribution in [2.75, 3.05) is 0 Å². The van der Waals surface area contributed by atoms with E-state index >= 15 is 0 Å². The van der Waals surface area contributed by atoms with Gasteiger partial charge in [-0.05, 0) is 30.3 Å². The molecule has 3 aromatic rings. The number of alkyl halides is 3. The minimum atomic E-state index is -4.79. The van der Waals surface area contributed by atoms with Crippen LogP contribution >= 0.6 is 0 Å². The molecule has 25 heavy (non-hydrogen) atoms. The van der Waals surface area contributed by atoms with E-state index in [4.69, 9.17) is 0 Å². The number of pyridine rings is 1. The highest BCUT2D eigenvalue weighted by Gasteiger charge is 2.34.